The molecule has 23 heavy (non-hydrogen) atoms. The van der Waals surface area contributed by atoms with E-state index in [2.05, 4.69) is 59.8 Å². The molecule has 0 aromatic rings. The summed E-state index contributed by atoms with van der Waals surface area (Å²) in [5.74, 6) is 0. The Kier molecular flexibility index (Phi) is 29.7. The SMILES string of the molecule is [CH-]=CC(=C)CCC=C(C)C.[CH-]=CC(=C)CCC=C(C)C.[CH-]=O.[Ru+3]. The fourth-order valence-electron chi connectivity index (χ4n) is 1.26. The van der Waals surface area contributed by atoms with E-state index < -0.39 is 0 Å². The first-order valence-electron chi connectivity index (χ1n) is 7.29. The molecule has 0 spiro atoms. The topological polar surface area (TPSA) is 17.1 Å². The second kappa shape index (κ2) is 23.0. The Bertz CT molecular complexity index is 354. The minimum atomic E-state index is 0. The van der Waals surface area contributed by atoms with Gasteiger partial charge in [-0.1, -0.05) is 36.1 Å². The fourth-order valence-corrected chi connectivity index (χ4v) is 1.26. The molecule has 0 bridgehead atoms. The van der Waals surface area contributed by atoms with Crippen LogP contribution in [0.3, 0.4) is 0 Å². The van der Waals surface area contributed by atoms with E-state index in [0.29, 0.717) is 0 Å². The molecule has 0 aliphatic carbocycles. The van der Waals surface area contributed by atoms with Crippen LogP contribution in [0.4, 0.5) is 0 Å². The number of allylic oxidation sites excluding steroid dienone is 8. The second-order valence-corrected chi connectivity index (χ2v) is 5.29. The van der Waals surface area contributed by atoms with Crippen LogP contribution >= 0.6 is 0 Å². The maximum absolute atomic E-state index is 7.75. The molecule has 0 aliphatic heterocycles. The Labute approximate surface area is 157 Å². The van der Waals surface area contributed by atoms with Crippen molar-refractivity contribution >= 4 is 6.79 Å². The van der Waals surface area contributed by atoms with Crippen molar-refractivity contribution in [2.24, 2.45) is 0 Å². The first-order valence-corrected chi connectivity index (χ1v) is 7.29. The van der Waals surface area contributed by atoms with Gasteiger partial charge in [0.25, 0.3) is 0 Å². The average Bonchev–Trinajstić information content (AvgIpc) is 2.48. The molecule has 129 valence electrons. The van der Waals surface area contributed by atoms with E-state index in [4.69, 9.17) is 18.0 Å². The molecule has 1 radical (unpaired) electrons. The predicted octanol–water partition coefficient (Wildman–Crippen LogP) is 6.28. The molecule has 0 aromatic heterocycles. The Hall–Kier alpha value is -1.27. The Morgan fingerprint density at radius 2 is 1.04 bits per heavy atom. The van der Waals surface area contributed by atoms with E-state index >= 15 is 0 Å². The largest absolute Gasteiger partial charge is 3.00 e. The van der Waals surface area contributed by atoms with Crippen molar-refractivity contribution in [3.63, 3.8) is 0 Å². The molecule has 0 unspecified atom stereocenters. The molecule has 0 saturated carbocycles. The smallest absolute Gasteiger partial charge is 0.545 e. The van der Waals surface area contributed by atoms with Gasteiger partial charge in [0.1, 0.15) is 0 Å². The summed E-state index contributed by atoms with van der Waals surface area (Å²) in [7, 11) is 0. The van der Waals surface area contributed by atoms with Crippen LogP contribution < -0.4 is 0 Å². The van der Waals surface area contributed by atoms with Gasteiger partial charge in [0.15, 0.2) is 0 Å². The van der Waals surface area contributed by atoms with Gasteiger partial charge in [0, 0.05) is 0 Å². The second-order valence-electron chi connectivity index (χ2n) is 5.29. The summed E-state index contributed by atoms with van der Waals surface area (Å²) in [5.41, 5.74) is 4.73. The van der Waals surface area contributed by atoms with E-state index in [0.717, 1.165) is 36.8 Å². The van der Waals surface area contributed by atoms with Gasteiger partial charge in [-0.15, -0.1) is 0 Å². The van der Waals surface area contributed by atoms with E-state index in [1.54, 1.807) is 12.2 Å². The predicted molar refractivity (Wildman–Crippen MR) is 100 cm³/mol. The Morgan fingerprint density at radius 1 is 0.783 bits per heavy atom. The third-order valence-corrected chi connectivity index (χ3v) is 2.51. The van der Waals surface area contributed by atoms with Crippen LogP contribution in [0.1, 0.15) is 53.4 Å². The van der Waals surface area contributed by atoms with Gasteiger partial charge in [0.2, 0.25) is 0 Å². The zero-order chi connectivity index (χ0) is 18.0. The third kappa shape index (κ3) is 33.5. The standard InChI is InChI=1S/2C10H15.CHO.Ru/c2*1-5-10(4)8-6-7-9(2)3;1-2;/h2*1,5,7H,4,6,8H2,2-3H3;1H;/q3*-1;+3. The van der Waals surface area contributed by atoms with E-state index in [1.165, 1.54) is 11.1 Å². The first-order chi connectivity index (χ1) is 10.3. The van der Waals surface area contributed by atoms with Crippen molar-refractivity contribution in [1.82, 2.24) is 0 Å². The van der Waals surface area contributed by atoms with Gasteiger partial charge in [-0.3, -0.25) is 19.9 Å². The number of rotatable bonds is 8. The van der Waals surface area contributed by atoms with Crippen LogP contribution in [0.25, 0.3) is 0 Å². The van der Waals surface area contributed by atoms with Crippen LogP contribution in [-0.4, -0.2) is 6.79 Å². The molecular weight excluding hydrogens is 369 g/mol. The molecule has 0 aromatic carbocycles. The van der Waals surface area contributed by atoms with Crippen LogP contribution in [0.2, 0.25) is 0 Å². The molecule has 0 N–H and O–H groups in total. The van der Waals surface area contributed by atoms with Gasteiger partial charge in [-0.05, 0) is 40.5 Å². The van der Waals surface area contributed by atoms with Crippen molar-refractivity contribution in [1.29, 1.82) is 0 Å². The molecule has 0 fully saturated rings. The maximum Gasteiger partial charge on any atom is 3.00 e. The Morgan fingerprint density at radius 3 is 1.22 bits per heavy atom. The van der Waals surface area contributed by atoms with Crippen molar-refractivity contribution in [2.75, 3.05) is 0 Å². The molecule has 1 nitrogen and oxygen atoms in total. The quantitative estimate of drug-likeness (QED) is 0.154. The zero-order valence-corrected chi connectivity index (χ0v) is 16.8. The minimum Gasteiger partial charge on any atom is -0.545 e. The van der Waals surface area contributed by atoms with Crippen molar-refractivity contribution < 1.29 is 24.3 Å². The maximum atomic E-state index is 7.75. The summed E-state index contributed by atoms with van der Waals surface area (Å²) < 4.78 is 0. The molecule has 2 heteroatoms. The summed E-state index contributed by atoms with van der Waals surface area (Å²) in [5, 5.41) is 0. The van der Waals surface area contributed by atoms with Crippen molar-refractivity contribution in [2.45, 2.75) is 53.4 Å². The van der Waals surface area contributed by atoms with E-state index in [1.807, 2.05) is 0 Å². The summed E-state index contributed by atoms with van der Waals surface area (Å²) in [4.78, 5) is 7.75. The van der Waals surface area contributed by atoms with Gasteiger partial charge in [-0.2, -0.15) is 13.2 Å². The van der Waals surface area contributed by atoms with Crippen molar-refractivity contribution in [3.8, 4) is 0 Å². The first kappa shape index (κ1) is 29.7. The molecule has 0 saturated heterocycles. The molecule has 0 aliphatic rings. The Balaban J connectivity index is -0.000000136. The van der Waals surface area contributed by atoms with Gasteiger partial charge < -0.3 is 4.79 Å². The summed E-state index contributed by atoms with van der Waals surface area (Å²) in [6.07, 6.45) is 11.6. The number of hydrogen-bond acceptors (Lipinski definition) is 1. The minimum absolute atomic E-state index is 0. The monoisotopic (exact) mass is 401 g/mol. The van der Waals surface area contributed by atoms with Crippen LogP contribution in [-0.2, 0) is 24.3 Å². The molecule has 0 rings (SSSR count). The summed E-state index contributed by atoms with van der Waals surface area (Å²) >= 11 is 0. The van der Waals surface area contributed by atoms with E-state index in [-0.39, 0.29) is 19.5 Å². The average molecular weight is 401 g/mol. The fraction of sp³-hybridized carbons (Fsp3) is 0.381. The third-order valence-electron chi connectivity index (χ3n) is 2.51. The van der Waals surface area contributed by atoms with Crippen molar-refractivity contribution in [3.05, 3.63) is 72.9 Å². The van der Waals surface area contributed by atoms with Crippen LogP contribution in [0.5, 0.6) is 0 Å². The molecule has 0 heterocycles. The van der Waals surface area contributed by atoms with Gasteiger partial charge >= 0.3 is 19.5 Å². The number of carbonyl (C=O) groups excluding carboxylic acids is 1. The number of hydrogen-bond donors (Lipinski definition) is 0. The van der Waals surface area contributed by atoms with Gasteiger partial charge in [0.05, 0.1) is 0 Å². The summed E-state index contributed by atoms with van der Waals surface area (Å²) in [6, 6.07) is 0. The molecule has 0 amide bonds. The van der Waals surface area contributed by atoms with Gasteiger partial charge in [-0.25, -0.2) is 23.3 Å². The zero-order valence-electron chi connectivity index (χ0n) is 15.0. The summed E-state index contributed by atoms with van der Waals surface area (Å²) in [6.45, 7) is 29.6. The molecular formula is C21H31ORu. The normalized spacial score (nSPS) is 7.65. The van der Waals surface area contributed by atoms with Crippen LogP contribution in [0, 0.1) is 13.2 Å². The van der Waals surface area contributed by atoms with Crippen LogP contribution in [0.15, 0.2) is 59.8 Å². The van der Waals surface area contributed by atoms with E-state index in [9.17, 15) is 0 Å². The molecule has 0 atom stereocenters.